The molecule has 29 heavy (non-hydrogen) atoms. The van der Waals surface area contributed by atoms with E-state index in [-0.39, 0.29) is 12.5 Å². The molecule has 1 aromatic rings. The fraction of sp³-hybridized carbons (Fsp3) is 0.720. The number of benzene rings is 1. The number of carboxylic acids is 1. The van der Waals surface area contributed by atoms with Crippen LogP contribution >= 0.6 is 0 Å². The number of aliphatic hydroxyl groups excluding tert-OH is 1. The van der Waals surface area contributed by atoms with Crippen molar-refractivity contribution in [3.05, 3.63) is 35.9 Å². The molecule has 0 saturated heterocycles. The lowest BCUT2D eigenvalue weighted by molar-refractivity contribution is -0.137. The molecule has 0 saturated carbocycles. The van der Waals surface area contributed by atoms with Gasteiger partial charge in [0, 0.05) is 6.42 Å². The molecule has 0 radical (unpaired) electrons. The Kier molecular flexibility index (Phi) is 15.4. The molecule has 0 spiro atoms. The molecule has 166 valence electrons. The van der Waals surface area contributed by atoms with E-state index in [2.05, 4.69) is 31.2 Å². The van der Waals surface area contributed by atoms with E-state index in [0.717, 1.165) is 70.6 Å². The van der Waals surface area contributed by atoms with Gasteiger partial charge in [0.05, 0.1) is 18.8 Å². The number of carbonyl (C=O) groups is 1. The van der Waals surface area contributed by atoms with Crippen molar-refractivity contribution in [3.8, 4) is 0 Å². The second-order valence-corrected chi connectivity index (χ2v) is 8.20. The predicted octanol–water partition coefficient (Wildman–Crippen LogP) is 6.50. The average Bonchev–Trinajstić information content (AvgIpc) is 2.72. The molecule has 1 rings (SSSR count). The van der Waals surface area contributed by atoms with Crippen molar-refractivity contribution in [3.63, 3.8) is 0 Å². The molecule has 2 N–H and O–H groups in total. The molecule has 2 unspecified atom stereocenters. The highest BCUT2D eigenvalue weighted by atomic mass is 16.5. The first-order valence-electron chi connectivity index (χ1n) is 11.7. The largest absolute Gasteiger partial charge is 0.481 e. The molecular formula is C25H42O4. The summed E-state index contributed by atoms with van der Waals surface area (Å²) in [6.45, 7) is 2.92. The van der Waals surface area contributed by atoms with E-state index in [9.17, 15) is 9.90 Å². The lowest BCUT2D eigenvalue weighted by Crippen LogP contribution is -2.13. The molecule has 0 aliphatic heterocycles. The van der Waals surface area contributed by atoms with Crippen molar-refractivity contribution in [1.29, 1.82) is 0 Å². The fourth-order valence-electron chi connectivity index (χ4n) is 3.61. The van der Waals surface area contributed by atoms with E-state index in [4.69, 9.17) is 9.84 Å². The lowest BCUT2D eigenvalue weighted by Gasteiger charge is -2.18. The molecule has 2 atom stereocenters. The topological polar surface area (TPSA) is 66.8 Å². The van der Waals surface area contributed by atoms with Crippen LogP contribution in [0.2, 0.25) is 0 Å². The zero-order valence-electron chi connectivity index (χ0n) is 18.4. The summed E-state index contributed by atoms with van der Waals surface area (Å²) < 4.78 is 6.17. The van der Waals surface area contributed by atoms with Gasteiger partial charge >= 0.3 is 5.97 Å². The first-order chi connectivity index (χ1) is 14.1. The van der Waals surface area contributed by atoms with Gasteiger partial charge in [-0.2, -0.15) is 0 Å². The van der Waals surface area contributed by atoms with E-state index in [0.29, 0.717) is 12.7 Å². The Hall–Kier alpha value is -1.39. The van der Waals surface area contributed by atoms with Crippen LogP contribution in [-0.4, -0.2) is 28.4 Å². The first kappa shape index (κ1) is 25.6. The van der Waals surface area contributed by atoms with Gasteiger partial charge in [0.1, 0.15) is 0 Å². The summed E-state index contributed by atoms with van der Waals surface area (Å²) in [5, 5.41) is 18.7. The number of hydrogen-bond donors (Lipinski definition) is 2. The van der Waals surface area contributed by atoms with Crippen molar-refractivity contribution in [2.45, 2.75) is 116 Å². The molecule has 0 heterocycles. The van der Waals surface area contributed by atoms with Crippen LogP contribution in [0.4, 0.5) is 0 Å². The second kappa shape index (κ2) is 17.5. The normalized spacial score (nSPS) is 13.3. The number of aliphatic hydroxyl groups is 1. The van der Waals surface area contributed by atoms with Gasteiger partial charge in [0.25, 0.3) is 0 Å². The fourth-order valence-corrected chi connectivity index (χ4v) is 3.61. The predicted molar refractivity (Wildman–Crippen MR) is 119 cm³/mol. The standard InChI is InChI=1S/C25H42O4/c1-2-3-18-24(29-21-22-14-8-6-9-15-22)19-12-7-11-17-23(26)16-10-4-5-13-20-25(27)28/h6,8-9,14-15,23-24,26H,2-5,7,10-13,16-21H2,1H3,(H,27,28). The van der Waals surface area contributed by atoms with Crippen LogP contribution in [0.1, 0.15) is 102 Å². The summed E-state index contributed by atoms with van der Waals surface area (Å²) in [6, 6.07) is 10.4. The molecule has 0 fully saturated rings. The first-order valence-corrected chi connectivity index (χ1v) is 11.7. The van der Waals surface area contributed by atoms with Crippen molar-refractivity contribution >= 4 is 5.97 Å². The molecule has 0 aliphatic rings. The zero-order chi connectivity index (χ0) is 21.2. The zero-order valence-corrected chi connectivity index (χ0v) is 18.4. The van der Waals surface area contributed by atoms with E-state index >= 15 is 0 Å². The SMILES string of the molecule is CCCCC(CCCCCC(O)CCCCCCC(=O)O)OCc1ccccc1. The molecule has 0 aromatic heterocycles. The Morgan fingerprint density at radius 3 is 2.10 bits per heavy atom. The van der Waals surface area contributed by atoms with Crippen LogP contribution in [0.3, 0.4) is 0 Å². The summed E-state index contributed by atoms with van der Waals surface area (Å²) in [4.78, 5) is 10.5. The molecule has 1 aromatic carbocycles. The van der Waals surface area contributed by atoms with E-state index in [1.807, 2.05) is 6.07 Å². The van der Waals surface area contributed by atoms with Crippen LogP contribution in [0.5, 0.6) is 0 Å². The van der Waals surface area contributed by atoms with Crippen molar-refractivity contribution < 1.29 is 19.7 Å². The minimum absolute atomic E-state index is 0.209. The summed E-state index contributed by atoms with van der Waals surface area (Å²) >= 11 is 0. The third-order valence-electron chi connectivity index (χ3n) is 5.45. The molecule has 4 heteroatoms. The van der Waals surface area contributed by atoms with Crippen molar-refractivity contribution in [1.82, 2.24) is 0 Å². The van der Waals surface area contributed by atoms with Gasteiger partial charge < -0.3 is 14.9 Å². The lowest BCUT2D eigenvalue weighted by atomic mass is 10.0. The maximum absolute atomic E-state index is 10.5. The number of hydrogen-bond acceptors (Lipinski definition) is 3. The third kappa shape index (κ3) is 15.2. The summed E-state index contributed by atoms with van der Waals surface area (Å²) in [7, 11) is 0. The van der Waals surface area contributed by atoms with Crippen LogP contribution in [0, 0.1) is 0 Å². The van der Waals surface area contributed by atoms with Gasteiger partial charge in [-0.25, -0.2) is 0 Å². The molecule has 0 amide bonds. The highest BCUT2D eigenvalue weighted by Crippen LogP contribution is 2.17. The number of unbranched alkanes of at least 4 members (excludes halogenated alkanes) is 6. The van der Waals surface area contributed by atoms with Crippen LogP contribution in [-0.2, 0) is 16.1 Å². The van der Waals surface area contributed by atoms with Gasteiger partial charge in [0.15, 0.2) is 0 Å². The maximum Gasteiger partial charge on any atom is 0.303 e. The van der Waals surface area contributed by atoms with Crippen LogP contribution in [0.25, 0.3) is 0 Å². The number of carboxylic acid groups (broad SMARTS) is 1. The van der Waals surface area contributed by atoms with Gasteiger partial charge in [-0.1, -0.05) is 88.6 Å². The van der Waals surface area contributed by atoms with Gasteiger partial charge in [-0.05, 0) is 37.7 Å². The summed E-state index contributed by atoms with van der Waals surface area (Å²) in [6.07, 6.45) is 13.8. The Labute approximate surface area is 177 Å². The summed E-state index contributed by atoms with van der Waals surface area (Å²) in [5.41, 5.74) is 1.24. The monoisotopic (exact) mass is 406 g/mol. The van der Waals surface area contributed by atoms with E-state index in [1.54, 1.807) is 0 Å². The van der Waals surface area contributed by atoms with Crippen molar-refractivity contribution in [2.75, 3.05) is 0 Å². The minimum atomic E-state index is -0.715. The molecule has 0 bridgehead atoms. The van der Waals surface area contributed by atoms with Gasteiger partial charge in [0.2, 0.25) is 0 Å². The van der Waals surface area contributed by atoms with Crippen LogP contribution < -0.4 is 0 Å². The van der Waals surface area contributed by atoms with Crippen molar-refractivity contribution in [2.24, 2.45) is 0 Å². The average molecular weight is 407 g/mol. The quantitative estimate of drug-likeness (QED) is 0.257. The van der Waals surface area contributed by atoms with Crippen LogP contribution in [0.15, 0.2) is 30.3 Å². The van der Waals surface area contributed by atoms with E-state index in [1.165, 1.54) is 18.4 Å². The highest BCUT2D eigenvalue weighted by molar-refractivity contribution is 5.66. The van der Waals surface area contributed by atoms with Gasteiger partial charge in [-0.3, -0.25) is 4.79 Å². The third-order valence-corrected chi connectivity index (χ3v) is 5.45. The number of aliphatic carboxylic acids is 1. The Morgan fingerprint density at radius 2 is 1.45 bits per heavy atom. The maximum atomic E-state index is 10.5. The Bertz CT molecular complexity index is 503. The molecule has 0 aliphatic carbocycles. The van der Waals surface area contributed by atoms with E-state index < -0.39 is 5.97 Å². The Balaban J connectivity index is 2.07. The smallest absolute Gasteiger partial charge is 0.303 e. The Morgan fingerprint density at radius 1 is 0.862 bits per heavy atom. The van der Waals surface area contributed by atoms with Gasteiger partial charge in [-0.15, -0.1) is 0 Å². The highest BCUT2D eigenvalue weighted by Gasteiger charge is 2.10. The summed E-state index contributed by atoms with van der Waals surface area (Å²) in [5.74, 6) is -0.715. The number of rotatable bonds is 19. The minimum Gasteiger partial charge on any atom is -0.481 e. The number of ether oxygens (including phenoxy) is 1. The molecule has 4 nitrogen and oxygen atoms in total. The molecular weight excluding hydrogens is 364 g/mol. The second-order valence-electron chi connectivity index (χ2n) is 8.20.